The summed E-state index contributed by atoms with van der Waals surface area (Å²) in [5.41, 5.74) is 0. The van der Waals surface area contributed by atoms with Crippen molar-refractivity contribution >= 4 is 19.7 Å². The number of phosphoric acid groups is 1. The van der Waals surface area contributed by atoms with Gasteiger partial charge in [-0.2, -0.15) is 0 Å². The first kappa shape index (κ1) is 86.2. The van der Waals surface area contributed by atoms with Crippen molar-refractivity contribution in [2.45, 2.75) is 367 Å². The summed E-state index contributed by atoms with van der Waals surface area (Å²) in [5.74, 6) is -0.558. The van der Waals surface area contributed by atoms with Gasteiger partial charge in [-0.05, 0) is 83.1 Å². The van der Waals surface area contributed by atoms with Gasteiger partial charge in [0.1, 0.15) is 19.3 Å². The molecule has 1 amide bonds. The highest BCUT2D eigenvalue weighted by atomic mass is 31.2. The number of carbonyl (C=O) groups is 2. The molecular weight excluding hydrogens is 1120 g/mol. The van der Waals surface area contributed by atoms with E-state index in [0.29, 0.717) is 17.4 Å². The number of hydrogen-bond donors (Lipinski definition) is 1. The summed E-state index contributed by atoms with van der Waals surface area (Å²) in [4.78, 5) is 40.3. The number of allylic oxidation sites excluding steroid dienone is 13. The van der Waals surface area contributed by atoms with Crippen LogP contribution in [-0.4, -0.2) is 69.4 Å². The fourth-order valence-corrected chi connectivity index (χ4v) is 11.8. The molecule has 0 aliphatic rings. The minimum absolute atomic E-state index is 0.0294. The molecule has 89 heavy (non-hydrogen) atoms. The Morgan fingerprint density at radius 3 is 1.08 bits per heavy atom. The number of nitrogens with zero attached hydrogens (tertiary/aromatic N) is 1. The molecule has 9 nitrogen and oxygen atoms in total. The van der Waals surface area contributed by atoms with E-state index in [1.807, 2.05) is 33.3 Å². The third-order valence-corrected chi connectivity index (χ3v) is 17.8. The predicted octanol–water partition coefficient (Wildman–Crippen LogP) is 23.8. The number of amides is 1. The van der Waals surface area contributed by atoms with E-state index in [1.165, 1.54) is 212 Å². The standard InChI is InChI=1S/C79H145N2O7P/c1-7-10-13-16-19-22-25-28-30-32-34-36-38-39-40-41-43-45-47-49-51-54-57-60-63-66-69-72-79(83)88-77(70-67-64-61-58-55-52-27-24-21-18-15-12-9-3)76(75-87-89(84,85)86-74-73-81(4,5)6)80-78(82)71-68-65-62-59-56-53-50-48-46-44-42-37-35-33-31-29-26-23-20-17-14-11-8-2/h11,14,20,23,29,31,35,37,44,46,50,53,67,70,76-77H,7-10,12-13,15-19,21-22,24-28,30,32-34,36,38-43,45,47-49,51-52,54-66,68-69,71-75H2,1-6H3,(H-,80,82,84,85)/b14-11-,23-20-,31-29-,37-35-,46-44-,53-50-,70-67+. The van der Waals surface area contributed by atoms with Crippen LogP contribution in [-0.2, 0) is 27.9 Å². The Bertz CT molecular complexity index is 1800. The van der Waals surface area contributed by atoms with Crippen LogP contribution in [0.2, 0.25) is 0 Å². The van der Waals surface area contributed by atoms with Gasteiger partial charge in [-0.25, -0.2) is 0 Å². The van der Waals surface area contributed by atoms with Crippen molar-refractivity contribution in [1.29, 1.82) is 0 Å². The van der Waals surface area contributed by atoms with Crippen LogP contribution in [0.5, 0.6) is 0 Å². The van der Waals surface area contributed by atoms with Crippen LogP contribution < -0.4 is 10.2 Å². The molecule has 0 fully saturated rings. The van der Waals surface area contributed by atoms with Gasteiger partial charge in [0.15, 0.2) is 0 Å². The number of esters is 1. The lowest BCUT2D eigenvalue weighted by atomic mass is 10.0. The molecule has 0 bridgehead atoms. The number of hydrogen-bond acceptors (Lipinski definition) is 7. The smallest absolute Gasteiger partial charge is 0.306 e. The molecule has 0 aliphatic heterocycles. The molecule has 0 radical (unpaired) electrons. The molecular formula is C79H145N2O7P. The number of likely N-dealkylation sites (N-methyl/N-ethyl adjacent to an activating group) is 1. The van der Waals surface area contributed by atoms with Gasteiger partial charge in [-0.3, -0.25) is 14.2 Å². The highest BCUT2D eigenvalue weighted by molar-refractivity contribution is 7.45. The molecule has 1 N–H and O–H groups in total. The fourth-order valence-electron chi connectivity index (χ4n) is 11.1. The quantitative estimate of drug-likeness (QED) is 0.0212. The minimum atomic E-state index is -4.72. The Kier molecular flexibility index (Phi) is 65.9. The number of phosphoric ester groups is 1. The van der Waals surface area contributed by atoms with Crippen LogP contribution in [0, 0.1) is 0 Å². The third-order valence-electron chi connectivity index (χ3n) is 16.8. The van der Waals surface area contributed by atoms with Crippen molar-refractivity contribution < 1.29 is 37.3 Å². The van der Waals surface area contributed by atoms with Gasteiger partial charge in [0.25, 0.3) is 7.82 Å². The van der Waals surface area contributed by atoms with E-state index in [9.17, 15) is 19.0 Å². The number of rotatable bonds is 69. The van der Waals surface area contributed by atoms with Gasteiger partial charge in [0, 0.05) is 12.8 Å². The maximum atomic E-state index is 13.6. The van der Waals surface area contributed by atoms with Crippen LogP contribution in [0.4, 0.5) is 0 Å². The summed E-state index contributed by atoms with van der Waals surface area (Å²) in [6.45, 7) is 6.76. The van der Waals surface area contributed by atoms with Gasteiger partial charge >= 0.3 is 5.97 Å². The van der Waals surface area contributed by atoms with E-state index in [4.69, 9.17) is 13.8 Å². The Hall–Kier alpha value is -2.81. The largest absolute Gasteiger partial charge is 0.756 e. The average molecular weight is 1270 g/mol. The summed E-state index contributed by atoms with van der Waals surface area (Å²) < 4.78 is 30.5. The first-order valence-electron chi connectivity index (χ1n) is 37.9. The lowest BCUT2D eigenvalue weighted by Gasteiger charge is -2.30. The van der Waals surface area contributed by atoms with Gasteiger partial charge < -0.3 is 28.5 Å². The highest BCUT2D eigenvalue weighted by Gasteiger charge is 2.27. The highest BCUT2D eigenvalue weighted by Crippen LogP contribution is 2.38. The topological polar surface area (TPSA) is 114 Å². The van der Waals surface area contributed by atoms with Crippen molar-refractivity contribution in [2.75, 3.05) is 40.9 Å². The average Bonchev–Trinajstić information content (AvgIpc) is 3.64. The molecule has 0 spiro atoms. The Balaban J connectivity index is 5.05. The second-order valence-corrected chi connectivity index (χ2v) is 28.2. The maximum Gasteiger partial charge on any atom is 0.306 e. The number of quaternary nitrogens is 1. The number of ether oxygens (including phenoxy) is 1. The van der Waals surface area contributed by atoms with Gasteiger partial charge in [-0.15, -0.1) is 0 Å². The van der Waals surface area contributed by atoms with Crippen LogP contribution in [0.3, 0.4) is 0 Å². The van der Waals surface area contributed by atoms with Crippen molar-refractivity contribution in [3.05, 3.63) is 85.1 Å². The zero-order chi connectivity index (χ0) is 64.9. The van der Waals surface area contributed by atoms with Crippen molar-refractivity contribution in [1.82, 2.24) is 5.32 Å². The Labute approximate surface area is 552 Å². The molecule has 0 saturated carbocycles. The molecule has 0 aromatic heterocycles. The molecule has 0 aromatic carbocycles. The summed E-state index contributed by atoms with van der Waals surface area (Å²) in [6.07, 6.45) is 91.5. The third kappa shape index (κ3) is 69.4. The first-order valence-corrected chi connectivity index (χ1v) is 39.4. The van der Waals surface area contributed by atoms with E-state index in [2.05, 4.69) is 99.0 Å². The van der Waals surface area contributed by atoms with Gasteiger partial charge in [0.05, 0.1) is 33.8 Å². The van der Waals surface area contributed by atoms with Crippen LogP contribution >= 0.6 is 7.82 Å². The number of nitrogens with one attached hydrogen (secondary N) is 1. The van der Waals surface area contributed by atoms with E-state index in [1.54, 1.807) is 0 Å². The Morgan fingerprint density at radius 2 is 0.719 bits per heavy atom. The van der Waals surface area contributed by atoms with Gasteiger partial charge in [-0.1, -0.05) is 344 Å². The summed E-state index contributed by atoms with van der Waals surface area (Å²) >= 11 is 0. The molecule has 0 heterocycles. The van der Waals surface area contributed by atoms with Gasteiger partial charge in [0.2, 0.25) is 5.91 Å². The summed E-state index contributed by atoms with van der Waals surface area (Å²) in [6, 6.07) is -0.906. The second-order valence-electron chi connectivity index (χ2n) is 26.8. The normalized spacial score (nSPS) is 13.9. The van der Waals surface area contributed by atoms with Crippen molar-refractivity contribution in [3.8, 4) is 0 Å². The number of carbonyl (C=O) groups excluding carboxylic acids is 2. The summed E-state index contributed by atoms with van der Waals surface area (Å²) in [5, 5.41) is 3.04. The molecule has 0 aliphatic carbocycles. The van der Waals surface area contributed by atoms with E-state index >= 15 is 0 Å². The molecule has 0 aromatic rings. The van der Waals surface area contributed by atoms with Crippen LogP contribution in [0.25, 0.3) is 0 Å². The molecule has 3 atom stereocenters. The molecule has 0 saturated heterocycles. The van der Waals surface area contributed by atoms with E-state index in [0.717, 1.165) is 103 Å². The van der Waals surface area contributed by atoms with E-state index < -0.39 is 26.6 Å². The molecule has 10 heteroatoms. The maximum absolute atomic E-state index is 13.6. The molecule has 3 unspecified atom stereocenters. The van der Waals surface area contributed by atoms with Crippen molar-refractivity contribution in [3.63, 3.8) is 0 Å². The predicted molar refractivity (Wildman–Crippen MR) is 385 cm³/mol. The molecule has 0 rings (SSSR count). The Morgan fingerprint density at radius 1 is 0.404 bits per heavy atom. The summed E-state index contributed by atoms with van der Waals surface area (Å²) in [7, 11) is 1.17. The second kappa shape index (κ2) is 68.1. The SMILES string of the molecule is CC/C=C\C/C=C\C/C=C\C/C=C\C/C=C\C/C=C\CCCCCCC(=O)NC(COP(=O)([O-])OCC[N+](C)(C)C)C(/C=C/CCCCCCCCCCCCC)OC(=O)CCCCCCCCCCCCCCCCCCCCCCCCCCCCC. The van der Waals surface area contributed by atoms with Crippen molar-refractivity contribution in [2.24, 2.45) is 0 Å². The van der Waals surface area contributed by atoms with Crippen LogP contribution in [0.1, 0.15) is 355 Å². The van der Waals surface area contributed by atoms with Crippen LogP contribution in [0.15, 0.2) is 85.1 Å². The fraction of sp³-hybridized carbons (Fsp3) is 0.797. The monoisotopic (exact) mass is 1270 g/mol. The lowest BCUT2D eigenvalue weighted by molar-refractivity contribution is -0.870. The number of unbranched alkanes of at least 4 members (excludes halogenated alkanes) is 41. The zero-order valence-electron chi connectivity index (χ0n) is 59.4. The zero-order valence-corrected chi connectivity index (χ0v) is 60.3. The molecule has 518 valence electrons. The first-order chi connectivity index (χ1) is 43.4. The minimum Gasteiger partial charge on any atom is -0.756 e. The van der Waals surface area contributed by atoms with E-state index in [-0.39, 0.29) is 31.3 Å². The lowest BCUT2D eigenvalue weighted by Crippen LogP contribution is -2.47.